The summed E-state index contributed by atoms with van der Waals surface area (Å²) < 4.78 is 33.4. The lowest BCUT2D eigenvalue weighted by Gasteiger charge is -2.44. The Bertz CT molecular complexity index is 479. The number of nitriles is 1. The zero-order chi connectivity index (χ0) is 16.9. The molecule has 0 N–H and O–H groups in total. The first kappa shape index (κ1) is 19.3. The van der Waals surface area contributed by atoms with Gasteiger partial charge >= 0.3 is 0 Å². The van der Waals surface area contributed by atoms with Crippen LogP contribution in [-0.2, 0) is 14.9 Å². The molecule has 22 heavy (non-hydrogen) atoms. The predicted molar refractivity (Wildman–Crippen MR) is 85.5 cm³/mol. The van der Waals surface area contributed by atoms with Crippen LogP contribution in [0.5, 0.6) is 0 Å². The lowest BCUT2D eigenvalue weighted by atomic mass is 10.1. The zero-order valence-electron chi connectivity index (χ0n) is 14.2. The molecule has 0 aliphatic carbocycles. The molecule has 1 saturated heterocycles. The lowest BCUT2D eigenvalue weighted by molar-refractivity contribution is 0.0474. The molecule has 0 aromatic heterocycles. The third kappa shape index (κ3) is 4.40. The van der Waals surface area contributed by atoms with Crippen LogP contribution >= 0.6 is 0 Å². The predicted octanol–water partition coefficient (Wildman–Crippen LogP) is 0.506. The molecule has 1 heterocycles. The van der Waals surface area contributed by atoms with Crippen molar-refractivity contribution in [1.82, 2.24) is 13.5 Å². The zero-order valence-corrected chi connectivity index (χ0v) is 15.0. The van der Waals surface area contributed by atoms with Crippen molar-refractivity contribution in [3.05, 3.63) is 0 Å². The van der Waals surface area contributed by atoms with Gasteiger partial charge in [-0.3, -0.25) is 4.90 Å². The van der Waals surface area contributed by atoms with Crippen molar-refractivity contribution < 1.29 is 13.2 Å². The second-order valence-electron chi connectivity index (χ2n) is 5.98. The molecule has 128 valence electrons. The summed E-state index contributed by atoms with van der Waals surface area (Å²) in [5, 5.41) is 8.76. The highest BCUT2D eigenvalue weighted by molar-refractivity contribution is 7.86. The van der Waals surface area contributed by atoms with Gasteiger partial charge in [-0.1, -0.05) is 0 Å². The van der Waals surface area contributed by atoms with Gasteiger partial charge in [-0.25, -0.2) is 0 Å². The second kappa shape index (κ2) is 8.22. The van der Waals surface area contributed by atoms with E-state index in [1.165, 1.54) is 8.61 Å². The maximum atomic E-state index is 12.7. The summed E-state index contributed by atoms with van der Waals surface area (Å²) in [5.74, 6) is 0. The largest absolute Gasteiger partial charge is 0.383 e. The van der Waals surface area contributed by atoms with E-state index in [-0.39, 0.29) is 24.5 Å². The van der Waals surface area contributed by atoms with Crippen LogP contribution in [0.4, 0.5) is 0 Å². The van der Waals surface area contributed by atoms with E-state index >= 15 is 0 Å². The molecular weight excluding hydrogens is 304 g/mol. The highest BCUT2D eigenvalue weighted by Crippen LogP contribution is 2.21. The maximum Gasteiger partial charge on any atom is 0.282 e. The molecule has 0 bridgehead atoms. The van der Waals surface area contributed by atoms with E-state index in [1.807, 2.05) is 19.9 Å². The number of rotatable bonds is 7. The van der Waals surface area contributed by atoms with E-state index in [4.69, 9.17) is 10.00 Å². The van der Waals surface area contributed by atoms with E-state index in [0.29, 0.717) is 19.7 Å². The van der Waals surface area contributed by atoms with Crippen LogP contribution in [0.15, 0.2) is 0 Å². The Balaban J connectivity index is 2.80. The van der Waals surface area contributed by atoms with Crippen LogP contribution in [0.1, 0.15) is 27.2 Å². The second-order valence-corrected chi connectivity index (χ2v) is 7.97. The monoisotopic (exact) mass is 332 g/mol. The van der Waals surface area contributed by atoms with Crippen molar-refractivity contribution in [2.45, 2.75) is 45.3 Å². The minimum absolute atomic E-state index is 0.133. The SMILES string of the molecule is COCCN1[C@H](C)CN(S(=O)(=O)N(C)[C@@H](C)CC#N)C[C@H]1C. The van der Waals surface area contributed by atoms with Crippen molar-refractivity contribution in [3.8, 4) is 6.07 Å². The van der Waals surface area contributed by atoms with Gasteiger partial charge in [-0.05, 0) is 20.8 Å². The van der Waals surface area contributed by atoms with E-state index in [1.54, 1.807) is 21.1 Å². The van der Waals surface area contributed by atoms with Gasteiger partial charge in [0.25, 0.3) is 10.2 Å². The first-order chi connectivity index (χ1) is 10.3. The molecule has 1 aliphatic rings. The van der Waals surface area contributed by atoms with Crippen molar-refractivity contribution in [1.29, 1.82) is 5.26 Å². The molecule has 8 heteroatoms. The van der Waals surface area contributed by atoms with Gasteiger partial charge < -0.3 is 4.74 Å². The molecule has 0 unspecified atom stereocenters. The van der Waals surface area contributed by atoms with Crippen molar-refractivity contribution in [2.24, 2.45) is 0 Å². The fraction of sp³-hybridized carbons (Fsp3) is 0.929. The van der Waals surface area contributed by atoms with Gasteiger partial charge in [-0.2, -0.15) is 22.3 Å². The minimum atomic E-state index is -3.54. The Kier molecular flexibility index (Phi) is 7.22. The minimum Gasteiger partial charge on any atom is -0.383 e. The third-order valence-electron chi connectivity index (χ3n) is 4.32. The summed E-state index contributed by atoms with van der Waals surface area (Å²) in [6.07, 6.45) is 0.189. The average molecular weight is 332 g/mol. The average Bonchev–Trinajstić information content (AvgIpc) is 2.45. The Morgan fingerprint density at radius 3 is 2.36 bits per heavy atom. The number of nitrogens with zero attached hydrogens (tertiary/aromatic N) is 4. The Labute approximate surface area is 134 Å². The molecule has 1 aliphatic heterocycles. The number of hydrogen-bond acceptors (Lipinski definition) is 5. The summed E-state index contributed by atoms with van der Waals surface area (Å²) in [6.45, 7) is 8.18. The van der Waals surface area contributed by atoms with Crippen molar-refractivity contribution in [3.63, 3.8) is 0 Å². The standard InChI is InChI=1S/C14H28N4O3S/c1-12(6-7-15)16(4)22(19,20)17-10-13(2)18(8-9-21-5)14(3)11-17/h12-14H,6,8-11H2,1-5H3/t12-,13+,14+/m0/s1. The van der Waals surface area contributed by atoms with Gasteiger partial charge in [0, 0.05) is 51.9 Å². The molecule has 3 atom stereocenters. The molecule has 0 amide bonds. The Morgan fingerprint density at radius 2 is 1.91 bits per heavy atom. The van der Waals surface area contributed by atoms with E-state index in [9.17, 15) is 8.42 Å². The highest BCUT2D eigenvalue weighted by Gasteiger charge is 2.38. The number of piperazine rings is 1. The molecule has 0 aromatic carbocycles. The van der Waals surface area contributed by atoms with Gasteiger partial charge in [0.15, 0.2) is 0 Å². The highest BCUT2D eigenvalue weighted by atomic mass is 32.2. The van der Waals surface area contributed by atoms with Crippen LogP contribution in [0.2, 0.25) is 0 Å². The molecule has 0 saturated carbocycles. The Hall–Kier alpha value is -0.720. The quantitative estimate of drug-likeness (QED) is 0.679. The fourth-order valence-corrected chi connectivity index (χ4v) is 4.51. The molecule has 7 nitrogen and oxygen atoms in total. The van der Waals surface area contributed by atoms with Crippen LogP contribution in [0.25, 0.3) is 0 Å². The van der Waals surface area contributed by atoms with Gasteiger partial charge in [-0.15, -0.1) is 0 Å². The van der Waals surface area contributed by atoms with Crippen LogP contribution in [0.3, 0.4) is 0 Å². The summed E-state index contributed by atoms with van der Waals surface area (Å²) in [6, 6.07) is 1.96. The molecule has 0 radical (unpaired) electrons. The fourth-order valence-electron chi connectivity index (χ4n) is 2.80. The van der Waals surface area contributed by atoms with Crippen LogP contribution < -0.4 is 0 Å². The first-order valence-corrected chi connectivity index (χ1v) is 9.00. The molecule has 1 fully saturated rings. The van der Waals surface area contributed by atoms with Crippen LogP contribution in [0, 0.1) is 11.3 Å². The Morgan fingerprint density at radius 1 is 1.36 bits per heavy atom. The third-order valence-corrected chi connectivity index (χ3v) is 6.36. The number of hydrogen-bond donors (Lipinski definition) is 0. The van der Waals surface area contributed by atoms with E-state index < -0.39 is 10.2 Å². The van der Waals surface area contributed by atoms with E-state index in [2.05, 4.69) is 4.90 Å². The smallest absolute Gasteiger partial charge is 0.282 e. The molecular formula is C14H28N4O3S. The van der Waals surface area contributed by atoms with Gasteiger partial charge in [0.05, 0.1) is 19.1 Å². The van der Waals surface area contributed by atoms with E-state index in [0.717, 1.165) is 6.54 Å². The van der Waals surface area contributed by atoms with Gasteiger partial charge in [0.2, 0.25) is 0 Å². The summed E-state index contributed by atoms with van der Waals surface area (Å²) >= 11 is 0. The molecule has 0 spiro atoms. The summed E-state index contributed by atoms with van der Waals surface area (Å²) in [7, 11) is -0.322. The number of methoxy groups -OCH3 is 1. The number of ether oxygens (including phenoxy) is 1. The molecule has 0 aromatic rings. The van der Waals surface area contributed by atoms with Crippen LogP contribution in [-0.4, -0.2) is 80.5 Å². The summed E-state index contributed by atoms with van der Waals surface area (Å²) in [4.78, 5) is 2.27. The topological polar surface area (TPSA) is 76.9 Å². The maximum absolute atomic E-state index is 12.7. The van der Waals surface area contributed by atoms with Gasteiger partial charge in [0.1, 0.15) is 0 Å². The van der Waals surface area contributed by atoms with Crippen molar-refractivity contribution >= 4 is 10.2 Å². The normalized spacial score (nSPS) is 26.0. The summed E-state index contributed by atoms with van der Waals surface area (Å²) in [5.41, 5.74) is 0. The molecule has 1 rings (SSSR count). The first-order valence-electron chi connectivity index (χ1n) is 7.60. The lowest BCUT2D eigenvalue weighted by Crippen LogP contribution is -2.60. The van der Waals surface area contributed by atoms with Crippen molar-refractivity contribution in [2.75, 3.05) is 40.4 Å².